The average molecular weight is 352 g/mol. The van der Waals surface area contributed by atoms with E-state index in [4.69, 9.17) is 9.82 Å². The lowest BCUT2D eigenvalue weighted by molar-refractivity contribution is 0.0938. The number of fused-ring (bicyclic) bond motifs is 1. The number of anilines is 1. The molecule has 1 N–H and O–H groups in total. The molecule has 3 aromatic rings. The van der Waals surface area contributed by atoms with E-state index in [9.17, 15) is 0 Å². The summed E-state index contributed by atoms with van der Waals surface area (Å²) in [6.07, 6.45) is 3.96. The number of nitrogens with zero attached hydrogens (tertiary/aromatic N) is 3. The van der Waals surface area contributed by atoms with E-state index in [1.54, 1.807) is 0 Å². The van der Waals surface area contributed by atoms with Crippen LogP contribution in [-0.4, -0.2) is 20.6 Å². The molecule has 0 fully saturated rings. The van der Waals surface area contributed by atoms with Gasteiger partial charge in [-0.1, -0.05) is 31.5 Å². The van der Waals surface area contributed by atoms with Crippen molar-refractivity contribution in [2.24, 2.45) is 0 Å². The van der Waals surface area contributed by atoms with Gasteiger partial charge in [-0.05, 0) is 57.7 Å². The largest absolute Gasteiger partial charge is 0.283 e. The van der Waals surface area contributed by atoms with Gasteiger partial charge in [0, 0.05) is 5.69 Å². The Bertz CT molecular complexity index is 902. The number of benzene rings is 1. The standard InChI is InChI=1S/C21H28N4O/c1-7-17(8-2)26-24-18-11-16(6)23-21-19(18)22-12-25(21)20-14(4)9-13(3)10-15(20)5/h9-12,17H,7-8H2,1-6H3,(H,23,24). The molecular weight excluding hydrogens is 324 g/mol. The summed E-state index contributed by atoms with van der Waals surface area (Å²) in [4.78, 5) is 15.2. The van der Waals surface area contributed by atoms with Gasteiger partial charge in [-0.3, -0.25) is 14.9 Å². The van der Waals surface area contributed by atoms with Crippen molar-refractivity contribution in [1.29, 1.82) is 0 Å². The second-order valence-electron chi connectivity index (χ2n) is 7.00. The smallest absolute Gasteiger partial charge is 0.166 e. The van der Waals surface area contributed by atoms with E-state index in [-0.39, 0.29) is 6.10 Å². The van der Waals surface area contributed by atoms with Gasteiger partial charge in [0.05, 0.1) is 17.5 Å². The van der Waals surface area contributed by atoms with Crippen LogP contribution >= 0.6 is 0 Å². The second kappa shape index (κ2) is 7.46. The van der Waals surface area contributed by atoms with Crippen LogP contribution in [-0.2, 0) is 4.84 Å². The van der Waals surface area contributed by atoms with Gasteiger partial charge in [-0.15, -0.1) is 0 Å². The Labute approximate surface area is 155 Å². The number of pyridine rings is 1. The molecule has 0 aliphatic heterocycles. The second-order valence-corrected chi connectivity index (χ2v) is 7.00. The lowest BCUT2D eigenvalue weighted by atomic mass is 10.1. The van der Waals surface area contributed by atoms with Crippen LogP contribution in [0.4, 0.5) is 5.69 Å². The number of hydrogen-bond donors (Lipinski definition) is 1. The molecule has 0 saturated heterocycles. The van der Waals surface area contributed by atoms with Crippen LogP contribution in [0.15, 0.2) is 24.5 Å². The third kappa shape index (κ3) is 3.44. The van der Waals surface area contributed by atoms with Gasteiger partial charge >= 0.3 is 0 Å². The molecule has 0 atom stereocenters. The summed E-state index contributed by atoms with van der Waals surface area (Å²) in [5, 5.41) is 0. The zero-order chi connectivity index (χ0) is 18.8. The summed E-state index contributed by atoms with van der Waals surface area (Å²) in [5.41, 5.74) is 11.4. The maximum Gasteiger partial charge on any atom is 0.166 e. The lowest BCUT2D eigenvalue weighted by Crippen LogP contribution is -2.15. The van der Waals surface area contributed by atoms with Crippen LogP contribution in [0.2, 0.25) is 0 Å². The van der Waals surface area contributed by atoms with E-state index in [2.05, 4.69) is 61.8 Å². The van der Waals surface area contributed by atoms with E-state index in [0.717, 1.165) is 41.1 Å². The van der Waals surface area contributed by atoms with Crippen LogP contribution in [0.25, 0.3) is 16.9 Å². The predicted octanol–water partition coefficient (Wildman–Crippen LogP) is 5.19. The summed E-state index contributed by atoms with van der Waals surface area (Å²) >= 11 is 0. The maximum absolute atomic E-state index is 5.84. The van der Waals surface area contributed by atoms with Crippen LogP contribution < -0.4 is 5.48 Å². The van der Waals surface area contributed by atoms with Gasteiger partial charge < -0.3 is 0 Å². The molecule has 26 heavy (non-hydrogen) atoms. The van der Waals surface area contributed by atoms with Crippen LogP contribution in [0.5, 0.6) is 0 Å². The Kier molecular flexibility index (Phi) is 5.28. The molecule has 0 amide bonds. The summed E-state index contributed by atoms with van der Waals surface area (Å²) < 4.78 is 2.08. The molecule has 0 unspecified atom stereocenters. The van der Waals surface area contributed by atoms with Crippen molar-refractivity contribution in [3.8, 4) is 5.69 Å². The summed E-state index contributed by atoms with van der Waals surface area (Å²) in [6, 6.07) is 6.37. The predicted molar refractivity (Wildman–Crippen MR) is 107 cm³/mol. The first-order valence-corrected chi connectivity index (χ1v) is 9.29. The Morgan fingerprint density at radius 1 is 1.04 bits per heavy atom. The van der Waals surface area contributed by atoms with Crippen molar-refractivity contribution in [3.63, 3.8) is 0 Å². The fraction of sp³-hybridized carbons (Fsp3) is 0.429. The summed E-state index contributed by atoms with van der Waals surface area (Å²) in [7, 11) is 0. The molecule has 5 nitrogen and oxygen atoms in total. The summed E-state index contributed by atoms with van der Waals surface area (Å²) in [5.74, 6) is 0. The third-order valence-corrected chi connectivity index (χ3v) is 4.76. The first-order valence-electron chi connectivity index (χ1n) is 9.29. The molecule has 2 aromatic heterocycles. The van der Waals surface area contributed by atoms with Crippen molar-refractivity contribution in [1.82, 2.24) is 14.5 Å². The maximum atomic E-state index is 5.84. The zero-order valence-electron chi connectivity index (χ0n) is 16.6. The van der Waals surface area contributed by atoms with E-state index in [1.165, 1.54) is 16.7 Å². The molecule has 1 aromatic carbocycles. The molecule has 0 aliphatic rings. The average Bonchev–Trinajstić information content (AvgIpc) is 2.98. The van der Waals surface area contributed by atoms with Crippen molar-refractivity contribution in [2.45, 2.75) is 60.5 Å². The number of aryl methyl sites for hydroxylation is 4. The molecule has 3 rings (SSSR count). The van der Waals surface area contributed by atoms with Gasteiger partial charge in [0.15, 0.2) is 5.65 Å². The molecule has 0 saturated carbocycles. The van der Waals surface area contributed by atoms with Crippen molar-refractivity contribution < 1.29 is 4.84 Å². The minimum absolute atomic E-state index is 0.183. The number of rotatable bonds is 6. The molecule has 5 heteroatoms. The van der Waals surface area contributed by atoms with Crippen molar-refractivity contribution in [2.75, 3.05) is 5.48 Å². The van der Waals surface area contributed by atoms with Crippen LogP contribution in [0.3, 0.4) is 0 Å². The molecule has 0 radical (unpaired) electrons. The van der Waals surface area contributed by atoms with Gasteiger partial charge in [0.1, 0.15) is 11.8 Å². The van der Waals surface area contributed by atoms with Gasteiger partial charge in [-0.2, -0.15) is 0 Å². The zero-order valence-corrected chi connectivity index (χ0v) is 16.6. The first kappa shape index (κ1) is 18.4. The van der Waals surface area contributed by atoms with Crippen LogP contribution in [0.1, 0.15) is 49.1 Å². The minimum Gasteiger partial charge on any atom is -0.283 e. The topological polar surface area (TPSA) is 52.0 Å². The number of aromatic nitrogens is 3. The Balaban J connectivity index is 2.08. The van der Waals surface area contributed by atoms with Gasteiger partial charge in [-0.25, -0.2) is 9.97 Å². The molecule has 138 valence electrons. The SMILES string of the molecule is CCC(CC)ONc1cc(C)nc2c1ncn2-c1c(C)cc(C)cc1C. The molecule has 0 aliphatic carbocycles. The normalized spacial score (nSPS) is 11.5. The quantitative estimate of drug-likeness (QED) is 0.621. The van der Waals surface area contributed by atoms with E-state index >= 15 is 0 Å². The van der Waals surface area contributed by atoms with E-state index < -0.39 is 0 Å². The number of imidazole rings is 1. The molecule has 0 bridgehead atoms. The molecular formula is C21H28N4O. The summed E-state index contributed by atoms with van der Waals surface area (Å²) in [6.45, 7) is 12.6. The Morgan fingerprint density at radius 3 is 2.31 bits per heavy atom. The fourth-order valence-corrected chi connectivity index (χ4v) is 3.51. The Hall–Kier alpha value is -2.40. The van der Waals surface area contributed by atoms with E-state index in [1.807, 2.05) is 19.3 Å². The highest BCUT2D eigenvalue weighted by atomic mass is 16.7. The van der Waals surface area contributed by atoms with Crippen molar-refractivity contribution >= 4 is 16.9 Å². The highest BCUT2D eigenvalue weighted by Gasteiger charge is 2.15. The first-order chi connectivity index (χ1) is 12.4. The van der Waals surface area contributed by atoms with Gasteiger partial charge in [0.25, 0.3) is 0 Å². The van der Waals surface area contributed by atoms with E-state index in [0.29, 0.717) is 0 Å². The van der Waals surface area contributed by atoms with Crippen molar-refractivity contribution in [3.05, 3.63) is 46.9 Å². The van der Waals surface area contributed by atoms with Gasteiger partial charge in [0.2, 0.25) is 0 Å². The monoisotopic (exact) mass is 352 g/mol. The third-order valence-electron chi connectivity index (χ3n) is 4.76. The number of nitrogens with one attached hydrogen (secondary N) is 1. The molecule has 2 heterocycles. The molecule has 0 spiro atoms. The van der Waals surface area contributed by atoms with Crippen LogP contribution in [0, 0.1) is 27.7 Å². The Morgan fingerprint density at radius 2 is 1.69 bits per heavy atom. The minimum atomic E-state index is 0.183. The highest BCUT2D eigenvalue weighted by molar-refractivity contribution is 5.86. The number of hydrogen-bond acceptors (Lipinski definition) is 4. The fourth-order valence-electron chi connectivity index (χ4n) is 3.51. The lowest BCUT2D eigenvalue weighted by Gasteiger charge is -2.16. The highest BCUT2D eigenvalue weighted by Crippen LogP contribution is 2.28.